The zero-order valence-corrected chi connectivity index (χ0v) is 17.0. The summed E-state index contributed by atoms with van der Waals surface area (Å²) in [5.74, 6) is 0.188. The normalized spacial score (nSPS) is 21.4. The van der Waals surface area contributed by atoms with Crippen molar-refractivity contribution in [3.8, 4) is 0 Å². The van der Waals surface area contributed by atoms with Gasteiger partial charge in [0.1, 0.15) is 5.01 Å². The van der Waals surface area contributed by atoms with E-state index < -0.39 is 0 Å². The highest BCUT2D eigenvalue weighted by Crippen LogP contribution is 2.37. The molecular weight excluding hydrogens is 383 g/mol. The van der Waals surface area contributed by atoms with Gasteiger partial charge in [0.15, 0.2) is 0 Å². The smallest absolute Gasteiger partial charge is 0.240 e. The number of carbonyl (C=O) groups excluding carboxylic acids is 1. The zero-order chi connectivity index (χ0) is 16.1. The van der Waals surface area contributed by atoms with Gasteiger partial charge in [-0.05, 0) is 37.8 Å². The van der Waals surface area contributed by atoms with Gasteiger partial charge in [-0.2, -0.15) is 0 Å². The number of nitrogens with one attached hydrogen (secondary N) is 2. The van der Waals surface area contributed by atoms with Crippen LogP contribution in [0.15, 0.2) is 11.6 Å². The Morgan fingerprint density at radius 2 is 2.20 bits per heavy atom. The van der Waals surface area contributed by atoms with Crippen LogP contribution in [0, 0.1) is 5.41 Å². The number of ether oxygens (including phenoxy) is 1. The molecule has 6 nitrogen and oxygen atoms in total. The van der Waals surface area contributed by atoms with Gasteiger partial charge in [0.2, 0.25) is 5.91 Å². The van der Waals surface area contributed by atoms with E-state index >= 15 is 0 Å². The molecule has 0 saturated carbocycles. The molecule has 1 aromatic heterocycles. The molecule has 2 fully saturated rings. The van der Waals surface area contributed by atoms with Crippen molar-refractivity contribution >= 4 is 42.1 Å². The lowest BCUT2D eigenvalue weighted by atomic mass is 9.77. The molecule has 0 radical (unpaired) electrons. The number of piperidine rings is 1. The fraction of sp³-hybridized carbons (Fsp3) is 0.750. The fourth-order valence-corrected chi connectivity index (χ4v) is 4.24. The maximum absolute atomic E-state index is 13.0. The average Bonchev–Trinajstić information content (AvgIpc) is 3.22. The Morgan fingerprint density at radius 1 is 1.44 bits per heavy atom. The van der Waals surface area contributed by atoms with Crippen molar-refractivity contribution in [2.24, 2.45) is 5.41 Å². The van der Waals surface area contributed by atoms with Gasteiger partial charge in [0.25, 0.3) is 0 Å². The number of hydrogen-bond acceptors (Lipinski definition) is 6. The van der Waals surface area contributed by atoms with Gasteiger partial charge in [-0.1, -0.05) is 0 Å². The molecule has 9 heteroatoms. The Labute approximate surface area is 165 Å². The minimum Gasteiger partial charge on any atom is -0.383 e. The second-order valence-electron chi connectivity index (χ2n) is 6.57. The van der Waals surface area contributed by atoms with E-state index in [0.29, 0.717) is 25.1 Å². The SMILES string of the molecule is COCCN(Cc1nccs1)C(=O)C1CC2(CCNCC2)CN1.Cl.Cl. The predicted octanol–water partition coefficient (Wildman–Crippen LogP) is 1.69. The van der Waals surface area contributed by atoms with Gasteiger partial charge in [0, 0.05) is 31.8 Å². The van der Waals surface area contributed by atoms with E-state index in [0.717, 1.165) is 43.9 Å². The molecule has 3 rings (SSSR count). The third kappa shape index (κ3) is 5.77. The van der Waals surface area contributed by atoms with Crippen LogP contribution in [0.3, 0.4) is 0 Å². The van der Waals surface area contributed by atoms with E-state index in [-0.39, 0.29) is 36.8 Å². The second kappa shape index (κ2) is 10.6. The molecule has 3 heterocycles. The lowest BCUT2D eigenvalue weighted by Gasteiger charge is -2.33. The molecule has 1 amide bonds. The maximum atomic E-state index is 13.0. The van der Waals surface area contributed by atoms with E-state index in [1.165, 1.54) is 0 Å². The summed E-state index contributed by atoms with van der Waals surface area (Å²) in [6.07, 6.45) is 5.06. The number of carbonyl (C=O) groups is 1. The van der Waals surface area contributed by atoms with E-state index in [9.17, 15) is 4.79 Å². The first-order chi connectivity index (χ1) is 11.2. The van der Waals surface area contributed by atoms with Crippen molar-refractivity contribution in [3.63, 3.8) is 0 Å². The van der Waals surface area contributed by atoms with Crippen molar-refractivity contribution in [1.29, 1.82) is 0 Å². The van der Waals surface area contributed by atoms with Crippen molar-refractivity contribution in [3.05, 3.63) is 16.6 Å². The highest BCUT2D eigenvalue weighted by Gasteiger charge is 2.43. The van der Waals surface area contributed by atoms with Gasteiger partial charge < -0.3 is 20.3 Å². The van der Waals surface area contributed by atoms with E-state index in [1.54, 1.807) is 24.6 Å². The topological polar surface area (TPSA) is 66.5 Å². The van der Waals surface area contributed by atoms with E-state index in [1.807, 2.05) is 10.3 Å². The average molecular weight is 411 g/mol. The molecule has 25 heavy (non-hydrogen) atoms. The molecule has 2 saturated heterocycles. The van der Waals surface area contributed by atoms with Crippen molar-refractivity contribution < 1.29 is 9.53 Å². The Hall–Kier alpha value is -0.440. The first-order valence-electron chi connectivity index (χ1n) is 8.33. The van der Waals surface area contributed by atoms with Gasteiger partial charge in [-0.3, -0.25) is 4.79 Å². The number of nitrogens with zero attached hydrogens (tertiary/aromatic N) is 2. The number of aromatic nitrogens is 1. The molecule has 0 aliphatic carbocycles. The minimum atomic E-state index is -0.0649. The van der Waals surface area contributed by atoms with E-state index in [2.05, 4.69) is 15.6 Å². The summed E-state index contributed by atoms with van der Waals surface area (Å²) in [6, 6.07) is -0.0649. The molecule has 1 spiro atoms. The van der Waals surface area contributed by atoms with Gasteiger partial charge >= 0.3 is 0 Å². The third-order valence-corrected chi connectivity index (χ3v) is 5.77. The number of rotatable bonds is 6. The number of halogens is 2. The van der Waals surface area contributed by atoms with Crippen molar-refractivity contribution in [2.75, 3.05) is 39.9 Å². The molecule has 1 aromatic rings. The van der Waals surface area contributed by atoms with Crippen LogP contribution in [0.4, 0.5) is 0 Å². The maximum Gasteiger partial charge on any atom is 0.240 e. The zero-order valence-electron chi connectivity index (χ0n) is 14.5. The Balaban J connectivity index is 0.00000156. The van der Waals surface area contributed by atoms with Crippen LogP contribution in [0.2, 0.25) is 0 Å². The van der Waals surface area contributed by atoms with Crippen LogP contribution in [0.5, 0.6) is 0 Å². The van der Waals surface area contributed by atoms with Crippen LogP contribution >= 0.6 is 36.2 Å². The number of hydrogen-bond donors (Lipinski definition) is 2. The van der Waals surface area contributed by atoms with Gasteiger partial charge in [0.05, 0.1) is 19.2 Å². The standard InChI is InChI=1S/C16H26N4O2S.2ClH/c1-22-8-7-20(11-14-18-6-9-23-14)15(21)13-10-16(12-19-13)2-4-17-5-3-16;;/h6,9,13,17,19H,2-5,7-8,10-12H2,1H3;2*1H. The van der Waals surface area contributed by atoms with Crippen LogP contribution in [-0.4, -0.2) is 61.7 Å². The fourth-order valence-electron chi connectivity index (χ4n) is 3.61. The Kier molecular flexibility index (Phi) is 9.62. The summed E-state index contributed by atoms with van der Waals surface area (Å²) < 4.78 is 5.17. The van der Waals surface area contributed by atoms with Crippen LogP contribution in [0.25, 0.3) is 0 Å². The summed E-state index contributed by atoms with van der Waals surface area (Å²) in [4.78, 5) is 19.2. The molecule has 2 aliphatic heterocycles. The second-order valence-corrected chi connectivity index (χ2v) is 7.55. The van der Waals surface area contributed by atoms with Crippen LogP contribution < -0.4 is 10.6 Å². The molecule has 144 valence electrons. The first-order valence-corrected chi connectivity index (χ1v) is 9.21. The quantitative estimate of drug-likeness (QED) is 0.746. The third-order valence-electron chi connectivity index (χ3n) is 5.01. The number of thiazole rings is 1. The van der Waals surface area contributed by atoms with Crippen molar-refractivity contribution in [2.45, 2.75) is 31.8 Å². The Bertz CT molecular complexity index is 512. The first kappa shape index (κ1) is 22.6. The summed E-state index contributed by atoms with van der Waals surface area (Å²) in [5.41, 5.74) is 0.305. The van der Waals surface area contributed by atoms with Crippen LogP contribution in [-0.2, 0) is 16.1 Å². The number of amides is 1. The summed E-state index contributed by atoms with van der Waals surface area (Å²) in [5, 5.41) is 9.82. The van der Waals surface area contributed by atoms with Gasteiger partial charge in [-0.25, -0.2) is 4.98 Å². The molecule has 2 N–H and O–H groups in total. The lowest BCUT2D eigenvalue weighted by molar-refractivity contribution is -0.134. The summed E-state index contributed by atoms with van der Waals surface area (Å²) in [7, 11) is 1.67. The lowest BCUT2D eigenvalue weighted by Crippen LogP contribution is -2.44. The highest BCUT2D eigenvalue weighted by molar-refractivity contribution is 7.09. The highest BCUT2D eigenvalue weighted by atomic mass is 35.5. The predicted molar refractivity (Wildman–Crippen MR) is 105 cm³/mol. The molecule has 1 unspecified atom stereocenters. The molecule has 1 atom stereocenters. The van der Waals surface area contributed by atoms with Crippen molar-refractivity contribution in [1.82, 2.24) is 20.5 Å². The molecule has 2 aliphatic rings. The summed E-state index contributed by atoms with van der Waals surface area (Å²) in [6.45, 7) is 4.83. The molecular formula is C16H28Cl2N4O2S. The van der Waals surface area contributed by atoms with E-state index in [4.69, 9.17) is 4.74 Å². The van der Waals surface area contributed by atoms with Crippen LogP contribution in [0.1, 0.15) is 24.3 Å². The summed E-state index contributed by atoms with van der Waals surface area (Å²) >= 11 is 1.59. The molecule has 0 aromatic carbocycles. The minimum absolute atomic E-state index is 0. The monoisotopic (exact) mass is 410 g/mol. The largest absolute Gasteiger partial charge is 0.383 e. The molecule has 0 bridgehead atoms. The Morgan fingerprint density at radius 3 is 2.84 bits per heavy atom. The van der Waals surface area contributed by atoms with Gasteiger partial charge in [-0.15, -0.1) is 36.2 Å². The number of methoxy groups -OCH3 is 1.